The van der Waals surface area contributed by atoms with Gasteiger partial charge in [0.05, 0.1) is 17.7 Å². The first-order valence-electron chi connectivity index (χ1n) is 8.92. The lowest BCUT2D eigenvalue weighted by Crippen LogP contribution is -2.39. The van der Waals surface area contributed by atoms with Gasteiger partial charge in [-0.25, -0.2) is 13.8 Å². The molecule has 1 aromatic heterocycles. The van der Waals surface area contributed by atoms with Gasteiger partial charge in [0.25, 0.3) is 5.91 Å². The minimum Gasteiger partial charge on any atom is -0.272 e. The fourth-order valence-corrected chi connectivity index (χ4v) is 4.82. The number of carbonyl (C=O) groups excluding carboxylic acids is 1. The van der Waals surface area contributed by atoms with Crippen molar-refractivity contribution in [3.8, 4) is 0 Å². The van der Waals surface area contributed by atoms with Crippen LogP contribution in [0, 0.1) is 6.92 Å². The highest BCUT2D eigenvalue weighted by atomic mass is 32.2. The predicted molar refractivity (Wildman–Crippen MR) is 115 cm³/mol. The van der Waals surface area contributed by atoms with Gasteiger partial charge in [0.15, 0.2) is 0 Å². The molecule has 6 nitrogen and oxygen atoms in total. The SMILES string of the molecule is Cc1ccsc1/C=N\NC(=O)CN(Cc1ccccc1)S(=O)(=O)c1ccccc1. The van der Waals surface area contributed by atoms with E-state index in [4.69, 9.17) is 0 Å². The molecular formula is C21H21N3O3S2. The third-order valence-corrected chi connectivity index (χ3v) is 6.93. The van der Waals surface area contributed by atoms with Crippen LogP contribution in [0.1, 0.15) is 16.0 Å². The molecule has 3 aromatic rings. The van der Waals surface area contributed by atoms with Gasteiger partial charge in [-0.05, 0) is 41.6 Å². The topological polar surface area (TPSA) is 78.8 Å². The summed E-state index contributed by atoms with van der Waals surface area (Å²) in [6.07, 6.45) is 1.56. The molecule has 29 heavy (non-hydrogen) atoms. The van der Waals surface area contributed by atoms with E-state index in [1.807, 2.05) is 48.7 Å². The second-order valence-electron chi connectivity index (χ2n) is 6.33. The Labute approximate surface area is 174 Å². The van der Waals surface area contributed by atoms with Crippen LogP contribution in [0.15, 0.2) is 82.1 Å². The van der Waals surface area contributed by atoms with Crippen LogP contribution in [-0.2, 0) is 21.4 Å². The van der Waals surface area contributed by atoms with Crippen LogP contribution < -0.4 is 5.43 Å². The average molecular weight is 428 g/mol. The van der Waals surface area contributed by atoms with E-state index in [0.717, 1.165) is 20.3 Å². The molecule has 0 unspecified atom stereocenters. The van der Waals surface area contributed by atoms with E-state index in [-0.39, 0.29) is 18.0 Å². The van der Waals surface area contributed by atoms with E-state index < -0.39 is 15.9 Å². The maximum absolute atomic E-state index is 13.1. The normalized spacial score (nSPS) is 11.8. The van der Waals surface area contributed by atoms with E-state index in [9.17, 15) is 13.2 Å². The summed E-state index contributed by atoms with van der Waals surface area (Å²) < 4.78 is 27.3. The zero-order valence-corrected chi connectivity index (χ0v) is 17.5. The fourth-order valence-electron chi connectivity index (χ4n) is 2.63. The number of carbonyl (C=O) groups is 1. The molecule has 1 heterocycles. The largest absolute Gasteiger partial charge is 0.272 e. The third kappa shape index (κ3) is 5.60. The number of rotatable bonds is 8. The Hall–Kier alpha value is -2.81. The number of hydrogen-bond acceptors (Lipinski definition) is 5. The number of hydrazone groups is 1. The van der Waals surface area contributed by atoms with Crippen molar-refractivity contribution in [3.63, 3.8) is 0 Å². The Kier molecular flexibility index (Phi) is 6.92. The fraction of sp³-hybridized carbons (Fsp3) is 0.143. The van der Waals surface area contributed by atoms with Crippen LogP contribution in [0.25, 0.3) is 0 Å². The standard InChI is InChI=1S/C21H21N3O3S2/c1-17-12-13-28-20(17)14-22-23-21(25)16-24(15-18-8-4-2-5-9-18)29(26,27)19-10-6-3-7-11-19/h2-14H,15-16H2,1H3,(H,23,25)/b22-14-. The van der Waals surface area contributed by atoms with Gasteiger partial charge >= 0.3 is 0 Å². The molecule has 3 rings (SSSR count). The number of aryl methyl sites for hydroxylation is 1. The lowest BCUT2D eigenvalue weighted by Gasteiger charge is -2.21. The van der Waals surface area contributed by atoms with Crippen molar-refractivity contribution in [2.24, 2.45) is 5.10 Å². The monoisotopic (exact) mass is 427 g/mol. The second-order valence-corrected chi connectivity index (χ2v) is 9.22. The Bertz CT molecular complexity index is 1080. The minimum atomic E-state index is -3.85. The van der Waals surface area contributed by atoms with Crippen molar-refractivity contribution in [1.82, 2.24) is 9.73 Å². The number of nitrogens with one attached hydrogen (secondary N) is 1. The van der Waals surface area contributed by atoms with Gasteiger partial charge in [-0.2, -0.15) is 9.41 Å². The zero-order chi connectivity index (χ0) is 20.7. The maximum Gasteiger partial charge on any atom is 0.255 e. The van der Waals surface area contributed by atoms with Crippen molar-refractivity contribution >= 4 is 33.5 Å². The number of amides is 1. The number of benzene rings is 2. The summed E-state index contributed by atoms with van der Waals surface area (Å²) in [6.45, 7) is 1.69. The van der Waals surface area contributed by atoms with E-state index in [1.165, 1.54) is 23.5 Å². The summed E-state index contributed by atoms with van der Waals surface area (Å²) in [6, 6.07) is 19.2. The van der Waals surface area contributed by atoms with Gasteiger partial charge in [-0.3, -0.25) is 4.79 Å². The van der Waals surface area contributed by atoms with E-state index in [1.54, 1.807) is 24.4 Å². The lowest BCUT2D eigenvalue weighted by atomic mass is 10.2. The quantitative estimate of drug-likeness (QED) is 0.442. The molecular weight excluding hydrogens is 406 g/mol. The molecule has 0 bridgehead atoms. The highest BCUT2D eigenvalue weighted by molar-refractivity contribution is 7.89. The summed E-state index contributed by atoms with van der Waals surface area (Å²) in [7, 11) is -3.85. The molecule has 0 aliphatic heterocycles. The molecule has 8 heteroatoms. The van der Waals surface area contributed by atoms with Gasteiger partial charge in [0.1, 0.15) is 0 Å². The van der Waals surface area contributed by atoms with Crippen molar-refractivity contribution in [2.45, 2.75) is 18.4 Å². The Balaban J connectivity index is 1.77. The van der Waals surface area contributed by atoms with Crippen molar-refractivity contribution < 1.29 is 13.2 Å². The number of hydrogen-bond donors (Lipinski definition) is 1. The van der Waals surface area contributed by atoms with Gasteiger partial charge in [0.2, 0.25) is 10.0 Å². The van der Waals surface area contributed by atoms with Crippen molar-refractivity contribution in [3.05, 3.63) is 88.1 Å². The molecule has 150 valence electrons. The molecule has 0 aliphatic rings. The molecule has 0 aliphatic carbocycles. The summed E-state index contributed by atoms with van der Waals surface area (Å²) in [5, 5.41) is 5.89. The zero-order valence-electron chi connectivity index (χ0n) is 15.9. The predicted octanol–water partition coefficient (Wildman–Crippen LogP) is 3.40. The molecule has 0 saturated carbocycles. The van der Waals surface area contributed by atoms with Gasteiger partial charge in [-0.1, -0.05) is 48.5 Å². The van der Waals surface area contributed by atoms with E-state index in [0.29, 0.717) is 0 Å². The smallest absolute Gasteiger partial charge is 0.255 e. The number of nitrogens with zero attached hydrogens (tertiary/aromatic N) is 2. The highest BCUT2D eigenvalue weighted by Gasteiger charge is 2.26. The summed E-state index contributed by atoms with van der Waals surface area (Å²) in [5.41, 5.74) is 4.27. The summed E-state index contributed by atoms with van der Waals surface area (Å²) >= 11 is 1.51. The molecule has 0 radical (unpaired) electrons. The minimum absolute atomic E-state index is 0.0826. The number of sulfonamides is 1. The van der Waals surface area contributed by atoms with Gasteiger partial charge in [-0.15, -0.1) is 11.3 Å². The lowest BCUT2D eigenvalue weighted by molar-refractivity contribution is -0.121. The Morgan fingerprint density at radius 3 is 2.34 bits per heavy atom. The number of thiophene rings is 1. The van der Waals surface area contributed by atoms with Crippen LogP contribution in [0.2, 0.25) is 0 Å². The first-order chi connectivity index (χ1) is 14.0. The van der Waals surface area contributed by atoms with E-state index >= 15 is 0 Å². The van der Waals surface area contributed by atoms with Gasteiger partial charge < -0.3 is 0 Å². The highest BCUT2D eigenvalue weighted by Crippen LogP contribution is 2.18. The molecule has 0 fully saturated rings. The van der Waals surface area contributed by atoms with Crippen molar-refractivity contribution in [2.75, 3.05) is 6.54 Å². The molecule has 1 amide bonds. The summed E-state index contributed by atoms with van der Waals surface area (Å²) in [4.78, 5) is 13.5. The first-order valence-corrected chi connectivity index (χ1v) is 11.2. The second kappa shape index (κ2) is 9.60. The molecule has 2 aromatic carbocycles. The van der Waals surface area contributed by atoms with Crippen LogP contribution in [0.5, 0.6) is 0 Å². The third-order valence-electron chi connectivity index (χ3n) is 4.18. The average Bonchev–Trinajstić information content (AvgIpc) is 3.14. The maximum atomic E-state index is 13.1. The molecule has 1 N–H and O–H groups in total. The van der Waals surface area contributed by atoms with Gasteiger partial charge in [0, 0.05) is 11.4 Å². The van der Waals surface area contributed by atoms with Crippen LogP contribution in [-0.4, -0.2) is 31.4 Å². The Morgan fingerprint density at radius 1 is 1.07 bits per heavy atom. The van der Waals surface area contributed by atoms with Crippen LogP contribution in [0.3, 0.4) is 0 Å². The molecule has 0 atom stereocenters. The summed E-state index contributed by atoms with van der Waals surface area (Å²) in [5.74, 6) is -0.508. The molecule has 0 saturated heterocycles. The van der Waals surface area contributed by atoms with Crippen LogP contribution >= 0.6 is 11.3 Å². The van der Waals surface area contributed by atoms with Crippen LogP contribution in [0.4, 0.5) is 0 Å². The first kappa shape index (κ1) is 20.9. The molecule has 0 spiro atoms. The van der Waals surface area contributed by atoms with Crippen molar-refractivity contribution in [1.29, 1.82) is 0 Å². The van der Waals surface area contributed by atoms with E-state index in [2.05, 4.69) is 10.5 Å². The Morgan fingerprint density at radius 2 is 1.72 bits per heavy atom.